The highest BCUT2D eigenvalue weighted by Crippen LogP contribution is 2.45. The zero-order valence-corrected chi connectivity index (χ0v) is 71.2. The van der Waals surface area contributed by atoms with Crippen molar-refractivity contribution in [2.24, 2.45) is 5.73 Å². The number of carboxylic acid groups (broad SMARTS) is 1. The van der Waals surface area contributed by atoms with Gasteiger partial charge < -0.3 is 72.2 Å². The third-order valence-electron chi connectivity index (χ3n) is 20.3. The summed E-state index contributed by atoms with van der Waals surface area (Å²) >= 11 is 0. The number of carboxylic acids is 1. The van der Waals surface area contributed by atoms with Crippen molar-refractivity contribution in [3.8, 4) is 50.8 Å². The lowest BCUT2D eigenvalue weighted by Gasteiger charge is -2.40. The molecule has 5 amide bonds. The number of benzene rings is 7. The van der Waals surface area contributed by atoms with E-state index in [1.807, 2.05) is 168 Å². The zero-order valence-electron chi connectivity index (χ0n) is 70.4. The normalized spacial score (nSPS) is 14.7. The number of halogens is 5. The van der Waals surface area contributed by atoms with E-state index in [0.29, 0.717) is 137 Å². The largest absolute Gasteiger partial charge is 0.477 e. The molecule has 0 aliphatic heterocycles. The lowest BCUT2D eigenvalue weighted by Crippen LogP contribution is -2.45. The third kappa shape index (κ3) is 23.2. The van der Waals surface area contributed by atoms with Gasteiger partial charge in [0, 0.05) is 36.1 Å². The van der Waals surface area contributed by atoms with E-state index in [0.717, 1.165) is 40.5 Å². The minimum Gasteiger partial charge on any atom is -0.477 e. The molecule has 0 saturated heterocycles. The standard InChI is InChI=1S/C26H24F2N4O2.C25H23N5O4.C17H17N5O2.C13H12N2O2.C12H15F2NO.ClH/c1-14-10-20(22(31-24(14)29-4)15-8-6-5-7-9-15)30-25(34)32-23-16-11-18(27)19(28)12-17(16)26(2,3)13-21(23)33;1-15-9-11-19(12-10-15)34-25(32)27-20-13-16(2)22(28-23(20)18-7-5-4-6-8-18)24(31)26-14-21-30-29-17(3)33-21;1-10-8-13(18)16(12-6-4-3-5-7-12)20-15(10)17(23)19-9-14-22-21-11(2)24-14;1-8-7-10(14)12(15-11(8)13(16)17)9-5-3-2-4-6-9;1-12(2)5-10(16)11(15)6-3-8(13)9(14)4-7(6)12;/h5-12,21,23,33H,13H2,1-3H3,(H2,30,32,34);4-13H,14H2,1-3H3,(H,26,31)(H,27,32);3-8H,9,18H2,1-2H3,(H,19,23);2-7H,14H2,1H3,(H,16,17);3-4,10-11,16H,5,15H2,1-2H3;1H/t21-,23-;;;;10-,11-;/m1...1./s1. The summed E-state index contributed by atoms with van der Waals surface area (Å²) < 4.78 is 70.3. The number of carbonyl (C=O) groups excluding carboxylic acids is 4. The smallest absolute Gasteiger partial charge is 0.417 e. The van der Waals surface area contributed by atoms with Crippen molar-refractivity contribution in [1.29, 1.82) is 0 Å². The number of aryl methyl sites for hydroxylation is 7. The van der Waals surface area contributed by atoms with Crippen LogP contribution in [0.3, 0.4) is 0 Å². The molecule has 7 aromatic carbocycles. The van der Waals surface area contributed by atoms with Gasteiger partial charge >= 0.3 is 18.1 Å². The molecule has 126 heavy (non-hydrogen) atoms. The number of aliphatic hydroxyl groups excluding tert-OH is 2. The zero-order chi connectivity index (χ0) is 90.3. The number of aromatic carboxylic acids is 1. The Morgan fingerprint density at radius 1 is 0.500 bits per heavy atom. The summed E-state index contributed by atoms with van der Waals surface area (Å²) in [5.41, 5.74) is 29.7. The number of hydrogen-bond donors (Lipinski definition) is 11. The van der Waals surface area contributed by atoms with Crippen molar-refractivity contribution in [1.82, 2.24) is 56.3 Å². The molecule has 2 aliphatic carbocycles. The van der Waals surface area contributed by atoms with Crippen molar-refractivity contribution < 1.29 is 70.4 Å². The number of nitrogens with zero attached hydrogens (tertiary/aromatic N) is 9. The second-order valence-electron chi connectivity index (χ2n) is 30.9. The van der Waals surface area contributed by atoms with Crippen LogP contribution in [0.1, 0.15) is 158 Å². The maximum atomic E-state index is 14.1. The molecule has 0 saturated carbocycles. The predicted molar refractivity (Wildman–Crippen MR) is 470 cm³/mol. The second kappa shape index (κ2) is 41.0. The minimum absolute atomic E-state index is 0. The first-order valence-electron chi connectivity index (χ1n) is 39.2. The second-order valence-corrected chi connectivity index (χ2v) is 30.9. The summed E-state index contributed by atoms with van der Waals surface area (Å²) in [6, 6.07) is 53.3. The van der Waals surface area contributed by atoms with Gasteiger partial charge in [-0.25, -0.2) is 46.9 Å². The average Bonchev–Trinajstić information content (AvgIpc) is 0.823. The van der Waals surface area contributed by atoms with Gasteiger partial charge in [0.1, 0.15) is 17.1 Å². The average molecular weight is 1740 g/mol. The van der Waals surface area contributed by atoms with E-state index in [-0.39, 0.29) is 60.4 Å². The molecule has 0 spiro atoms. The van der Waals surface area contributed by atoms with Crippen molar-refractivity contribution in [3.05, 3.63) is 320 Å². The number of hydrogen-bond acceptors (Lipinski definition) is 21. The van der Waals surface area contributed by atoms with Crippen LogP contribution in [0.25, 0.3) is 49.9 Å². The predicted octanol–water partition coefficient (Wildman–Crippen LogP) is 17.4. The van der Waals surface area contributed by atoms with Crippen molar-refractivity contribution in [2.75, 3.05) is 22.1 Å². The topological polar surface area (TPSA) is 427 Å². The molecule has 650 valence electrons. The highest BCUT2D eigenvalue weighted by Gasteiger charge is 2.41. The maximum Gasteiger partial charge on any atom is 0.417 e. The highest BCUT2D eigenvalue weighted by molar-refractivity contribution is 5.99. The van der Waals surface area contributed by atoms with Gasteiger partial charge in [0.25, 0.3) is 17.6 Å². The summed E-state index contributed by atoms with van der Waals surface area (Å²) in [6.45, 7) is 27.3. The molecule has 2 aliphatic rings. The number of fused-ring (bicyclic) bond motifs is 2. The summed E-state index contributed by atoms with van der Waals surface area (Å²) in [5, 5.41) is 58.4. The Morgan fingerprint density at radius 3 is 1.34 bits per heavy atom. The SMILES string of the molecule is CC1(C)C[C@@H](O)[C@H](N)c2cc(F)c(F)cc21.Cc1cc(N)c(-c2ccccc2)nc1C(=O)O.Cc1ccc(OC(=O)Nc2cc(C)c(C(=O)NCc3nnc(C)o3)nc2-c2ccccc2)cc1.Cc1nnc(CNC(=O)c2nc(-c3ccccc3)c(N)cc2C)o1.Cl.[C-]#[N+]c1nc(-c2ccccc2)c(NC(=O)N[C@@H]2c3cc(F)c(F)cc3C(C)(C)C[C@H]2O)cc1C. The number of carbonyl (C=O) groups is 5. The number of nitrogen functional groups attached to an aromatic ring is 2. The molecular formula is C93H92ClF4N17O11. The molecule has 15 rings (SSSR count). The number of amides is 5. The van der Waals surface area contributed by atoms with Gasteiger partial charge in [-0.3, -0.25) is 14.9 Å². The van der Waals surface area contributed by atoms with Gasteiger partial charge in [-0.05, 0) is 163 Å². The van der Waals surface area contributed by atoms with Gasteiger partial charge in [-0.15, -0.1) is 37.8 Å². The molecule has 0 unspecified atom stereocenters. The summed E-state index contributed by atoms with van der Waals surface area (Å²) in [6.07, 6.45) is -1.67. The third-order valence-corrected chi connectivity index (χ3v) is 20.3. The number of aromatic nitrogens is 8. The van der Waals surface area contributed by atoms with Crippen LogP contribution in [0.15, 0.2) is 203 Å². The Bertz CT molecular complexity index is 6170. The first kappa shape index (κ1) is 93.6. The Labute approximate surface area is 729 Å². The van der Waals surface area contributed by atoms with Crippen molar-refractivity contribution in [3.63, 3.8) is 0 Å². The minimum atomic E-state index is -1.04. The fraction of sp³-hybridized carbons (Fsp3) is 0.226. The molecule has 33 heteroatoms. The highest BCUT2D eigenvalue weighted by atomic mass is 35.5. The number of rotatable bonds is 15. The van der Waals surface area contributed by atoms with Gasteiger partial charge in [0.2, 0.25) is 23.6 Å². The van der Waals surface area contributed by atoms with Crippen LogP contribution in [0.2, 0.25) is 0 Å². The molecule has 6 heterocycles. The van der Waals surface area contributed by atoms with Gasteiger partial charge in [0.05, 0.1) is 77.2 Å². The number of pyridine rings is 4. The summed E-state index contributed by atoms with van der Waals surface area (Å²) in [7, 11) is 0. The number of ether oxygens (including phenoxy) is 1. The van der Waals surface area contributed by atoms with Crippen molar-refractivity contribution >= 4 is 70.9 Å². The summed E-state index contributed by atoms with van der Waals surface area (Å²) in [4.78, 5) is 82.9. The van der Waals surface area contributed by atoms with E-state index in [1.165, 1.54) is 6.07 Å². The van der Waals surface area contributed by atoms with E-state index in [1.54, 1.807) is 77.9 Å². The van der Waals surface area contributed by atoms with Gasteiger partial charge in [-0.2, -0.15) is 0 Å². The van der Waals surface area contributed by atoms with Crippen LogP contribution in [-0.2, 0) is 23.9 Å². The molecule has 13 aromatic rings. The number of aliphatic hydroxyl groups is 2. The Hall–Kier alpha value is -14.7. The Morgan fingerprint density at radius 2 is 0.889 bits per heavy atom. The number of nitrogens with two attached hydrogens (primary N) is 3. The molecule has 0 radical (unpaired) electrons. The van der Waals surface area contributed by atoms with Crippen LogP contribution >= 0.6 is 12.4 Å². The number of urea groups is 1. The van der Waals surface area contributed by atoms with Crippen LogP contribution in [0, 0.1) is 78.3 Å². The molecular weight excluding hydrogens is 1640 g/mol. The molecule has 0 fully saturated rings. The number of anilines is 4. The first-order valence-corrected chi connectivity index (χ1v) is 39.2. The van der Waals surface area contributed by atoms with Crippen LogP contribution in [0.5, 0.6) is 5.75 Å². The van der Waals surface area contributed by atoms with Crippen LogP contribution in [-0.4, -0.2) is 97.8 Å². The summed E-state index contributed by atoms with van der Waals surface area (Å²) in [5.74, 6) is -3.42. The Balaban J connectivity index is 0.000000169. The van der Waals surface area contributed by atoms with Gasteiger partial charge in [-0.1, -0.05) is 173 Å². The van der Waals surface area contributed by atoms with E-state index >= 15 is 0 Å². The lowest BCUT2D eigenvalue weighted by molar-refractivity contribution is 0.0688. The molecule has 28 nitrogen and oxygen atoms in total. The van der Waals surface area contributed by atoms with Crippen LogP contribution in [0.4, 0.5) is 55.7 Å². The Kier molecular flexibility index (Phi) is 30.5. The van der Waals surface area contributed by atoms with E-state index < -0.39 is 77.0 Å². The van der Waals surface area contributed by atoms with E-state index in [2.05, 4.69) is 71.8 Å². The van der Waals surface area contributed by atoms with Crippen LogP contribution < -0.4 is 48.5 Å². The lowest BCUT2D eigenvalue weighted by atomic mass is 9.69. The molecule has 14 N–H and O–H groups in total. The quantitative estimate of drug-likeness (QED) is 0.0335. The maximum absolute atomic E-state index is 14.1. The monoisotopic (exact) mass is 1730 g/mol. The van der Waals surface area contributed by atoms with E-state index in [4.69, 9.17) is 42.5 Å². The van der Waals surface area contributed by atoms with E-state index in [9.17, 15) is 51.7 Å². The number of nitrogens with one attached hydrogen (secondary N) is 5. The first-order chi connectivity index (χ1) is 59.4. The fourth-order valence-corrected chi connectivity index (χ4v) is 14.1. The van der Waals surface area contributed by atoms with Gasteiger partial charge in [0.15, 0.2) is 34.7 Å². The molecule has 4 atom stereocenters. The fourth-order valence-electron chi connectivity index (χ4n) is 14.1. The van der Waals surface area contributed by atoms with Crippen molar-refractivity contribution in [2.45, 2.75) is 137 Å². The molecule has 0 bridgehead atoms. The molecule has 6 aromatic heterocycles.